The minimum absolute atomic E-state index is 0. The predicted molar refractivity (Wildman–Crippen MR) is 78.9 cm³/mol. The van der Waals surface area contributed by atoms with Crippen LogP contribution in [-0.2, 0) is 0 Å². The molecule has 1 atom stereocenters. The van der Waals surface area contributed by atoms with Crippen molar-refractivity contribution in [1.82, 2.24) is 9.80 Å². The molecule has 13 heavy (non-hydrogen) atoms. The van der Waals surface area contributed by atoms with E-state index >= 15 is 0 Å². The van der Waals surface area contributed by atoms with E-state index in [1.807, 2.05) is 38.0 Å². The molecule has 0 aliphatic rings. The zero-order valence-electron chi connectivity index (χ0n) is 8.23. The van der Waals surface area contributed by atoms with Crippen molar-refractivity contribution in [2.45, 2.75) is 0 Å². The minimum atomic E-state index is 0. The third-order valence-corrected chi connectivity index (χ3v) is 5.07. The van der Waals surface area contributed by atoms with Gasteiger partial charge in [0.15, 0.2) is 0 Å². The highest BCUT2D eigenvalue weighted by molar-refractivity contribution is 8.89. The summed E-state index contributed by atoms with van der Waals surface area (Å²) in [5.41, 5.74) is 0. The van der Waals surface area contributed by atoms with E-state index in [0.717, 1.165) is 8.64 Å². The van der Waals surface area contributed by atoms with Crippen LogP contribution in [0.2, 0.25) is 0 Å². The molecule has 0 spiro atoms. The lowest BCUT2D eigenvalue weighted by atomic mass is 11.0. The van der Waals surface area contributed by atoms with Crippen molar-refractivity contribution in [2.75, 3.05) is 28.2 Å². The number of nitrogens with zero attached hydrogens (tertiary/aromatic N) is 2. The van der Waals surface area contributed by atoms with E-state index in [-0.39, 0.29) is 9.90 Å². The highest BCUT2D eigenvalue weighted by Crippen LogP contribution is 2.26. The molecule has 0 rings (SSSR count). The fraction of sp³-hybridized carbons (Fsp3) is 0.667. The number of thiocarbonyl (C=S) groups is 2. The Labute approximate surface area is 102 Å². The topological polar surface area (TPSA) is 6.48 Å². The SMILES string of the molecule is CN(C)C(=S)SSC(=S)N(C)C.P. The van der Waals surface area contributed by atoms with E-state index in [0.29, 0.717) is 0 Å². The maximum absolute atomic E-state index is 5.07. The number of hydrogen-bond donors (Lipinski definition) is 0. The van der Waals surface area contributed by atoms with Crippen molar-refractivity contribution in [3.05, 3.63) is 0 Å². The molecule has 0 aromatic rings. The molecule has 1 unspecified atom stereocenters. The van der Waals surface area contributed by atoms with Gasteiger partial charge in [0.05, 0.1) is 0 Å². The van der Waals surface area contributed by atoms with Gasteiger partial charge in [-0.2, -0.15) is 9.90 Å². The summed E-state index contributed by atoms with van der Waals surface area (Å²) >= 11 is 10.1. The largest absolute Gasteiger partial charge is 0.363 e. The van der Waals surface area contributed by atoms with Gasteiger partial charge >= 0.3 is 0 Å². The molecule has 0 fully saturated rings. The van der Waals surface area contributed by atoms with Crippen LogP contribution in [0.15, 0.2) is 0 Å². The van der Waals surface area contributed by atoms with Gasteiger partial charge in [0.1, 0.15) is 8.64 Å². The number of rotatable bonds is 0. The Bertz CT molecular complexity index is 163. The molecular formula is C6H15N2PS4. The lowest BCUT2D eigenvalue weighted by Crippen LogP contribution is -2.18. The predicted octanol–water partition coefficient (Wildman–Crippen LogP) is 2.12. The molecule has 78 valence electrons. The quantitative estimate of drug-likeness (QED) is 0.376. The second-order valence-corrected chi connectivity index (χ2v) is 5.88. The highest BCUT2D eigenvalue weighted by atomic mass is 33.1. The Morgan fingerprint density at radius 3 is 1.23 bits per heavy atom. The van der Waals surface area contributed by atoms with Crippen molar-refractivity contribution in [2.24, 2.45) is 0 Å². The molecule has 0 N–H and O–H groups in total. The Morgan fingerprint density at radius 1 is 0.846 bits per heavy atom. The zero-order valence-corrected chi connectivity index (χ0v) is 12.9. The molecule has 2 nitrogen and oxygen atoms in total. The van der Waals surface area contributed by atoms with Crippen molar-refractivity contribution >= 4 is 64.6 Å². The normalized spacial score (nSPS) is 8.62. The van der Waals surface area contributed by atoms with E-state index < -0.39 is 0 Å². The first-order valence-electron chi connectivity index (χ1n) is 3.22. The summed E-state index contributed by atoms with van der Waals surface area (Å²) in [5, 5.41) is 0. The van der Waals surface area contributed by atoms with Crippen LogP contribution in [-0.4, -0.2) is 46.6 Å². The summed E-state index contributed by atoms with van der Waals surface area (Å²) in [5.74, 6) is 0. The van der Waals surface area contributed by atoms with Crippen LogP contribution in [0.1, 0.15) is 0 Å². The molecule has 0 saturated carbocycles. The first kappa shape index (κ1) is 16.3. The van der Waals surface area contributed by atoms with Crippen LogP contribution >= 0.6 is 55.9 Å². The molecular weight excluding hydrogens is 259 g/mol. The Kier molecular flexibility index (Phi) is 10.4. The van der Waals surface area contributed by atoms with Gasteiger partial charge in [0.25, 0.3) is 0 Å². The fourth-order valence-electron chi connectivity index (χ4n) is 0.220. The van der Waals surface area contributed by atoms with Gasteiger partial charge in [-0.3, -0.25) is 0 Å². The maximum atomic E-state index is 5.07. The summed E-state index contributed by atoms with van der Waals surface area (Å²) in [4.78, 5) is 3.79. The monoisotopic (exact) mass is 274 g/mol. The molecule has 0 aliphatic carbocycles. The van der Waals surface area contributed by atoms with E-state index in [9.17, 15) is 0 Å². The molecule has 0 radical (unpaired) electrons. The molecule has 0 aromatic heterocycles. The molecule has 0 saturated heterocycles. The first-order chi connectivity index (χ1) is 5.45. The molecule has 0 aromatic carbocycles. The second kappa shape index (κ2) is 8.24. The van der Waals surface area contributed by atoms with Gasteiger partial charge in [0, 0.05) is 28.2 Å². The first-order valence-corrected chi connectivity index (χ1v) is 6.19. The summed E-state index contributed by atoms with van der Waals surface area (Å²) in [6.07, 6.45) is 0. The molecule has 0 bridgehead atoms. The zero-order chi connectivity index (χ0) is 9.72. The third-order valence-electron chi connectivity index (χ3n) is 0.915. The maximum Gasteiger partial charge on any atom is 0.146 e. The summed E-state index contributed by atoms with van der Waals surface area (Å²) in [7, 11) is 10.7. The smallest absolute Gasteiger partial charge is 0.146 e. The summed E-state index contributed by atoms with van der Waals surface area (Å²) in [6.45, 7) is 0. The van der Waals surface area contributed by atoms with Crippen molar-refractivity contribution in [3.8, 4) is 0 Å². The fourth-order valence-corrected chi connectivity index (χ4v) is 2.60. The lowest BCUT2D eigenvalue weighted by Gasteiger charge is -2.15. The van der Waals surface area contributed by atoms with Gasteiger partial charge in [-0.05, 0) is 21.6 Å². The standard InChI is InChI=1S/C6H12N2S4.H3P/c1-7(2)5(9)11-12-6(10)8(3)4;/h1-4H3;1H3. The Morgan fingerprint density at radius 2 is 1.08 bits per heavy atom. The summed E-state index contributed by atoms with van der Waals surface area (Å²) in [6, 6.07) is 0. The van der Waals surface area contributed by atoms with Gasteiger partial charge in [-0.15, -0.1) is 0 Å². The second-order valence-electron chi connectivity index (χ2n) is 2.49. The van der Waals surface area contributed by atoms with Gasteiger partial charge in [0.2, 0.25) is 0 Å². The van der Waals surface area contributed by atoms with Crippen LogP contribution in [0.5, 0.6) is 0 Å². The van der Waals surface area contributed by atoms with Crippen LogP contribution in [0.3, 0.4) is 0 Å². The molecule has 0 aliphatic heterocycles. The van der Waals surface area contributed by atoms with E-state index in [2.05, 4.69) is 0 Å². The Hall–Kier alpha value is 0.910. The van der Waals surface area contributed by atoms with Gasteiger partial charge in [-0.1, -0.05) is 24.4 Å². The third kappa shape index (κ3) is 7.94. The van der Waals surface area contributed by atoms with Crippen molar-refractivity contribution < 1.29 is 0 Å². The average Bonchev–Trinajstić information content (AvgIpc) is 1.98. The van der Waals surface area contributed by atoms with Crippen LogP contribution in [0.4, 0.5) is 0 Å². The van der Waals surface area contributed by atoms with Gasteiger partial charge in [-0.25, -0.2) is 0 Å². The van der Waals surface area contributed by atoms with E-state index in [4.69, 9.17) is 24.4 Å². The van der Waals surface area contributed by atoms with E-state index in [1.54, 1.807) is 0 Å². The van der Waals surface area contributed by atoms with Crippen LogP contribution in [0, 0.1) is 0 Å². The van der Waals surface area contributed by atoms with Gasteiger partial charge < -0.3 is 9.80 Å². The van der Waals surface area contributed by atoms with Crippen LogP contribution < -0.4 is 0 Å². The average molecular weight is 274 g/mol. The lowest BCUT2D eigenvalue weighted by molar-refractivity contribution is 0.647. The highest BCUT2D eigenvalue weighted by Gasteiger charge is 2.04. The molecule has 7 heteroatoms. The van der Waals surface area contributed by atoms with Crippen LogP contribution in [0.25, 0.3) is 0 Å². The van der Waals surface area contributed by atoms with Crippen molar-refractivity contribution in [3.63, 3.8) is 0 Å². The minimum Gasteiger partial charge on any atom is -0.363 e. The van der Waals surface area contributed by atoms with Crippen molar-refractivity contribution in [1.29, 1.82) is 0 Å². The Balaban J connectivity index is 0. The number of hydrogen-bond acceptors (Lipinski definition) is 4. The van der Waals surface area contributed by atoms with E-state index in [1.165, 1.54) is 21.6 Å². The molecule has 0 amide bonds. The molecule has 0 heterocycles. The summed E-state index contributed by atoms with van der Waals surface area (Å²) < 4.78 is 1.67.